The van der Waals surface area contributed by atoms with Gasteiger partial charge in [-0.15, -0.1) is 0 Å². The molecule has 2 aromatic rings. The first-order valence-corrected chi connectivity index (χ1v) is 4.71. The average Bonchev–Trinajstić information content (AvgIpc) is 2.63. The summed E-state index contributed by atoms with van der Waals surface area (Å²) in [7, 11) is 0. The number of benzene rings is 1. The van der Waals surface area contributed by atoms with Gasteiger partial charge in [-0.3, -0.25) is 0 Å². The van der Waals surface area contributed by atoms with Crippen molar-refractivity contribution in [3.8, 4) is 5.75 Å². The molecule has 78 valence electrons. The molecule has 1 aromatic carbocycles. The molecule has 0 aliphatic heterocycles. The molecule has 0 atom stereocenters. The van der Waals surface area contributed by atoms with E-state index in [-0.39, 0.29) is 6.61 Å². The van der Waals surface area contributed by atoms with Gasteiger partial charge in [0.1, 0.15) is 12.0 Å². The minimum Gasteiger partial charge on any atom is -0.482 e. The van der Waals surface area contributed by atoms with Gasteiger partial charge in [0, 0.05) is 0 Å². The Morgan fingerprint density at radius 3 is 2.87 bits per heavy atom. The largest absolute Gasteiger partial charge is 0.482 e. The predicted octanol–water partition coefficient (Wildman–Crippen LogP) is 2.49. The van der Waals surface area contributed by atoms with E-state index < -0.39 is 0 Å². The van der Waals surface area contributed by atoms with Crippen LogP contribution in [0.5, 0.6) is 5.75 Å². The standard InChI is InChI=1S/C10H9ClN2O2/c11-7-3-1-2-4-8(7)14-6-10-13-9(12)5-15-10/h1-5H,6,12H2. The summed E-state index contributed by atoms with van der Waals surface area (Å²) in [6.45, 7) is 0.209. The average molecular weight is 225 g/mol. The number of ether oxygens (including phenoxy) is 1. The number of oxazole rings is 1. The molecule has 0 spiro atoms. The molecule has 0 aliphatic rings. The molecule has 5 heteroatoms. The molecule has 4 nitrogen and oxygen atoms in total. The van der Waals surface area contributed by atoms with E-state index in [9.17, 15) is 0 Å². The van der Waals surface area contributed by atoms with Crippen molar-refractivity contribution in [1.29, 1.82) is 0 Å². The van der Waals surface area contributed by atoms with E-state index in [4.69, 9.17) is 26.5 Å². The Kier molecular flexibility index (Phi) is 2.78. The Labute approximate surface area is 91.6 Å². The van der Waals surface area contributed by atoms with Gasteiger partial charge in [0.15, 0.2) is 12.4 Å². The van der Waals surface area contributed by atoms with Crippen LogP contribution in [0.4, 0.5) is 5.82 Å². The first-order chi connectivity index (χ1) is 7.25. The van der Waals surface area contributed by atoms with Gasteiger partial charge in [-0.1, -0.05) is 23.7 Å². The topological polar surface area (TPSA) is 61.3 Å². The normalized spacial score (nSPS) is 10.2. The fourth-order valence-corrected chi connectivity index (χ4v) is 1.28. The van der Waals surface area contributed by atoms with Crippen molar-refractivity contribution in [2.75, 3.05) is 5.73 Å². The van der Waals surface area contributed by atoms with Crippen molar-refractivity contribution in [3.63, 3.8) is 0 Å². The molecule has 2 rings (SSSR count). The zero-order chi connectivity index (χ0) is 10.7. The number of hydrogen-bond donors (Lipinski definition) is 1. The van der Waals surface area contributed by atoms with Crippen LogP contribution in [-0.2, 0) is 6.61 Å². The monoisotopic (exact) mass is 224 g/mol. The summed E-state index contributed by atoms with van der Waals surface area (Å²) in [4.78, 5) is 3.90. The third-order valence-corrected chi connectivity index (χ3v) is 2.07. The van der Waals surface area contributed by atoms with Gasteiger partial charge in [0.05, 0.1) is 5.02 Å². The molecule has 0 fully saturated rings. The third-order valence-electron chi connectivity index (χ3n) is 1.76. The van der Waals surface area contributed by atoms with Crippen LogP contribution in [0.3, 0.4) is 0 Å². The lowest BCUT2D eigenvalue weighted by Crippen LogP contribution is -1.96. The molecule has 1 aromatic heterocycles. The van der Waals surface area contributed by atoms with E-state index in [0.29, 0.717) is 22.5 Å². The fraction of sp³-hybridized carbons (Fsp3) is 0.100. The highest BCUT2D eigenvalue weighted by atomic mass is 35.5. The highest BCUT2D eigenvalue weighted by Crippen LogP contribution is 2.23. The second-order valence-corrected chi connectivity index (χ2v) is 3.29. The van der Waals surface area contributed by atoms with E-state index in [0.717, 1.165) is 0 Å². The van der Waals surface area contributed by atoms with Crippen molar-refractivity contribution in [2.24, 2.45) is 0 Å². The molecule has 2 N–H and O–H groups in total. The quantitative estimate of drug-likeness (QED) is 0.870. The summed E-state index contributed by atoms with van der Waals surface area (Å²) in [5, 5.41) is 0.553. The summed E-state index contributed by atoms with van der Waals surface area (Å²) in [5.74, 6) is 1.36. The van der Waals surface area contributed by atoms with Crippen molar-refractivity contribution in [1.82, 2.24) is 4.98 Å². The summed E-state index contributed by atoms with van der Waals surface area (Å²) < 4.78 is 10.4. The second-order valence-electron chi connectivity index (χ2n) is 2.89. The zero-order valence-electron chi connectivity index (χ0n) is 7.81. The summed E-state index contributed by atoms with van der Waals surface area (Å²) >= 11 is 5.89. The van der Waals surface area contributed by atoms with Gasteiger partial charge < -0.3 is 14.9 Å². The summed E-state index contributed by atoms with van der Waals surface area (Å²) in [6.07, 6.45) is 1.37. The number of hydrogen-bond acceptors (Lipinski definition) is 4. The first-order valence-electron chi connectivity index (χ1n) is 4.33. The number of nitrogens with zero attached hydrogens (tertiary/aromatic N) is 1. The van der Waals surface area contributed by atoms with E-state index in [1.54, 1.807) is 12.1 Å². The van der Waals surface area contributed by atoms with Gasteiger partial charge in [-0.25, -0.2) is 0 Å². The Balaban J connectivity index is 2.02. The van der Waals surface area contributed by atoms with E-state index in [1.165, 1.54) is 6.26 Å². The lowest BCUT2D eigenvalue weighted by atomic mass is 10.3. The molecular formula is C10H9ClN2O2. The molecule has 0 unspecified atom stereocenters. The molecule has 0 radical (unpaired) electrons. The van der Waals surface area contributed by atoms with Crippen LogP contribution in [0.15, 0.2) is 34.9 Å². The van der Waals surface area contributed by atoms with Crippen LogP contribution in [0.1, 0.15) is 5.89 Å². The second kappa shape index (κ2) is 4.23. The van der Waals surface area contributed by atoms with Crippen LogP contribution in [-0.4, -0.2) is 4.98 Å². The van der Waals surface area contributed by atoms with Gasteiger partial charge in [-0.2, -0.15) is 4.98 Å². The predicted molar refractivity (Wildman–Crippen MR) is 56.7 cm³/mol. The highest BCUT2D eigenvalue weighted by molar-refractivity contribution is 6.32. The van der Waals surface area contributed by atoms with Gasteiger partial charge in [-0.05, 0) is 12.1 Å². The Morgan fingerprint density at radius 1 is 1.40 bits per heavy atom. The van der Waals surface area contributed by atoms with E-state index in [2.05, 4.69) is 4.98 Å². The van der Waals surface area contributed by atoms with Crippen molar-refractivity contribution < 1.29 is 9.15 Å². The number of aromatic nitrogens is 1. The van der Waals surface area contributed by atoms with Crippen molar-refractivity contribution in [2.45, 2.75) is 6.61 Å². The minimum atomic E-state index is 0.209. The van der Waals surface area contributed by atoms with Crippen LogP contribution < -0.4 is 10.5 Å². The van der Waals surface area contributed by atoms with Gasteiger partial charge in [0.2, 0.25) is 5.89 Å². The molecule has 0 aliphatic carbocycles. The summed E-state index contributed by atoms with van der Waals surface area (Å²) in [6, 6.07) is 7.19. The van der Waals surface area contributed by atoms with Gasteiger partial charge in [0.25, 0.3) is 0 Å². The fourth-order valence-electron chi connectivity index (χ4n) is 1.09. The Bertz CT molecular complexity index is 456. The molecule has 0 amide bonds. The first kappa shape index (κ1) is 9.86. The molecule has 1 heterocycles. The lowest BCUT2D eigenvalue weighted by Gasteiger charge is -2.04. The number of halogens is 1. The number of rotatable bonds is 3. The minimum absolute atomic E-state index is 0.209. The molecular weight excluding hydrogens is 216 g/mol. The molecule has 15 heavy (non-hydrogen) atoms. The van der Waals surface area contributed by atoms with E-state index in [1.807, 2.05) is 12.1 Å². The lowest BCUT2D eigenvalue weighted by molar-refractivity contribution is 0.263. The number of para-hydroxylation sites is 1. The maximum atomic E-state index is 5.89. The zero-order valence-corrected chi connectivity index (χ0v) is 8.57. The molecule has 0 saturated carbocycles. The van der Waals surface area contributed by atoms with E-state index >= 15 is 0 Å². The maximum absolute atomic E-state index is 5.89. The smallest absolute Gasteiger partial charge is 0.234 e. The van der Waals surface area contributed by atoms with Crippen molar-refractivity contribution >= 4 is 17.4 Å². The molecule has 0 bridgehead atoms. The van der Waals surface area contributed by atoms with Crippen LogP contribution in [0, 0.1) is 0 Å². The number of nitrogens with two attached hydrogens (primary N) is 1. The van der Waals surface area contributed by atoms with Crippen LogP contribution in [0.2, 0.25) is 5.02 Å². The van der Waals surface area contributed by atoms with Crippen LogP contribution in [0.25, 0.3) is 0 Å². The van der Waals surface area contributed by atoms with Crippen LogP contribution >= 0.6 is 11.6 Å². The SMILES string of the molecule is Nc1coc(COc2ccccc2Cl)n1. The Morgan fingerprint density at radius 2 is 2.20 bits per heavy atom. The highest BCUT2D eigenvalue weighted by Gasteiger charge is 2.04. The van der Waals surface area contributed by atoms with Gasteiger partial charge >= 0.3 is 0 Å². The maximum Gasteiger partial charge on any atom is 0.234 e. The van der Waals surface area contributed by atoms with Crippen molar-refractivity contribution in [3.05, 3.63) is 41.4 Å². The Hall–Kier alpha value is -1.68. The molecule has 0 saturated heterocycles. The third kappa shape index (κ3) is 2.41. The number of anilines is 1. The number of nitrogen functional groups attached to an aromatic ring is 1. The summed E-state index contributed by atoms with van der Waals surface area (Å²) in [5.41, 5.74) is 5.39.